The van der Waals surface area contributed by atoms with Crippen LogP contribution in [-0.2, 0) is 28.5 Å². The second-order valence-electron chi connectivity index (χ2n) is 10.3. The smallest absolute Gasteiger partial charge is 0.509 e. The van der Waals surface area contributed by atoms with Crippen molar-refractivity contribution in [3.8, 4) is 0 Å². The maximum atomic E-state index is 13.2. The summed E-state index contributed by atoms with van der Waals surface area (Å²) in [4.78, 5) is 66.5. The zero-order valence-corrected chi connectivity index (χ0v) is 24.0. The van der Waals surface area contributed by atoms with E-state index in [9.17, 15) is 24.0 Å². The first-order valence-corrected chi connectivity index (χ1v) is 12.9. The number of carbonyl (C=O) groups is 5. The van der Waals surface area contributed by atoms with E-state index in [0.29, 0.717) is 11.4 Å². The summed E-state index contributed by atoms with van der Waals surface area (Å²) < 4.78 is 11.6. The summed E-state index contributed by atoms with van der Waals surface area (Å²) >= 11 is 12.0. The van der Waals surface area contributed by atoms with Crippen LogP contribution in [0.3, 0.4) is 0 Å². The first kappa shape index (κ1) is 31.6. The van der Waals surface area contributed by atoms with E-state index in [2.05, 4.69) is 5.32 Å². The van der Waals surface area contributed by atoms with Crippen molar-refractivity contribution >= 4 is 59.8 Å². The predicted molar refractivity (Wildman–Crippen MR) is 144 cm³/mol. The summed E-state index contributed by atoms with van der Waals surface area (Å²) in [5.74, 6) is -3.10. The molecule has 2 rings (SSSR count). The Hall–Kier alpha value is -2.63. The molecule has 0 spiro atoms. The molecule has 1 aromatic carbocycles. The van der Waals surface area contributed by atoms with Crippen molar-refractivity contribution in [1.29, 1.82) is 0 Å². The number of Topliss-reactive ketones (excluding diaryl/α,β-unsaturated/α-hetero) is 1. The molecule has 1 aliphatic rings. The van der Waals surface area contributed by atoms with Gasteiger partial charge in [0.15, 0.2) is 11.4 Å². The van der Waals surface area contributed by atoms with Gasteiger partial charge in [-0.3, -0.25) is 24.0 Å². The van der Waals surface area contributed by atoms with E-state index in [1.165, 1.54) is 36.0 Å². The topological polar surface area (TPSA) is 122 Å². The van der Waals surface area contributed by atoms with E-state index >= 15 is 0 Å². The lowest BCUT2D eigenvalue weighted by Crippen LogP contribution is -2.59. The number of halogens is 2. The number of nitrogens with one attached hydrogen (secondary N) is 1. The second kappa shape index (κ2) is 13.4. The van der Waals surface area contributed by atoms with E-state index < -0.39 is 48.6 Å². The molecule has 1 heterocycles. The zero-order valence-electron chi connectivity index (χ0n) is 22.5. The van der Waals surface area contributed by atoms with Gasteiger partial charge in [0, 0.05) is 45.5 Å². The first-order valence-electron chi connectivity index (χ1n) is 12.2. The Morgan fingerprint density at radius 2 is 1.76 bits per heavy atom. The highest BCUT2D eigenvalue weighted by atomic mass is 35.5. The van der Waals surface area contributed by atoms with Gasteiger partial charge in [-0.2, -0.15) is 0 Å². The third-order valence-electron chi connectivity index (χ3n) is 6.02. The summed E-state index contributed by atoms with van der Waals surface area (Å²) in [6.45, 7) is 3.55. The van der Waals surface area contributed by atoms with Gasteiger partial charge in [0.2, 0.25) is 5.91 Å². The summed E-state index contributed by atoms with van der Waals surface area (Å²) in [7, 11) is 4.86. The van der Waals surface area contributed by atoms with Gasteiger partial charge in [-0.15, -0.1) is 0 Å². The van der Waals surface area contributed by atoms with Gasteiger partial charge < -0.3 is 24.4 Å². The predicted octanol–water partition coefficient (Wildman–Crippen LogP) is 2.86. The fraction of sp³-hybridized carbons (Fsp3) is 0.560. The number of likely N-dealkylation sites (N-methyl/N-ethyl adjacent to an activating group) is 1. The van der Waals surface area contributed by atoms with E-state index in [4.69, 9.17) is 32.5 Å². The summed E-state index contributed by atoms with van der Waals surface area (Å²) in [5, 5.41) is 3.04. The highest BCUT2D eigenvalue weighted by Gasteiger charge is 2.54. The maximum absolute atomic E-state index is 13.2. The summed E-state index contributed by atoms with van der Waals surface area (Å²) in [5.41, 5.74) is -1.63. The van der Waals surface area contributed by atoms with E-state index in [1.54, 1.807) is 20.2 Å². The molecule has 10 nitrogen and oxygen atoms in total. The molecule has 38 heavy (non-hydrogen) atoms. The molecule has 1 aliphatic heterocycles. The van der Waals surface area contributed by atoms with Crippen LogP contribution in [0.5, 0.6) is 0 Å². The van der Waals surface area contributed by atoms with Gasteiger partial charge in [0.05, 0.1) is 30.0 Å². The van der Waals surface area contributed by atoms with Crippen LogP contribution in [0, 0.1) is 5.92 Å². The fourth-order valence-corrected chi connectivity index (χ4v) is 4.58. The van der Waals surface area contributed by atoms with Crippen molar-refractivity contribution in [2.45, 2.75) is 50.9 Å². The largest absolute Gasteiger partial charge is 0.531 e. The molecule has 1 N–H and O–H groups in total. The van der Waals surface area contributed by atoms with Crippen LogP contribution < -0.4 is 5.32 Å². The number of hydrogen-bond acceptors (Lipinski definition) is 7. The van der Waals surface area contributed by atoms with E-state index in [1.807, 2.05) is 13.8 Å². The van der Waals surface area contributed by atoms with Crippen molar-refractivity contribution in [2.24, 2.45) is 5.92 Å². The van der Waals surface area contributed by atoms with Crippen LogP contribution in [0.25, 0.3) is 0 Å². The third-order valence-corrected chi connectivity index (χ3v) is 6.58. The molecule has 0 unspecified atom stereocenters. The van der Waals surface area contributed by atoms with Gasteiger partial charge in [0.1, 0.15) is 0 Å². The van der Waals surface area contributed by atoms with Crippen LogP contribution in [0.2, 0.25) is 15.9 Å². The van der Waals surface area contributed by atoms with Crippen molar-refractivity contribution in [1.82, 2.24) is 15.1 Å². The molecule has 0 bridgehead atoms. The minimum absolute atomic E-state index is 0.0826. The van der Waals surface area contributed by atoms with Crippen LogP contribution in [0.4, 0.5) is 0 Å². The molecule has 1 saturated heterocycles. The average molecular weight is 570 g/mol. The Balaban J connectivity index is 2.23. The monoisotopic (exact) mass is 569 g/mol. The SMILES string of the molecule is CC(C)C[C@H](CC(=O)CNC(=O)c1cc(Cl)ccc1Cl)B1OC(=O)C[C@](CC(=O)N(C)C)(C(=O)N(C)C)O1. The molecule has 0 saturated carbocycles. The summed E-state index contributed by atoms with van der Waals surface area (Å²) in [6.07, 6.45) is -0.473. The molecule has 208 valence electrons. The van der Waals surface area contributed by atoms with Crippen molar-refractivity contribution < 1.29 is 33.3 Å². The van der Waals surface area contributed by atoms with E-state index in [-0.39, 0.29) is 41.7 Å². The average Bonchev–Trinajstić information content (AvgIpc) is 2.82. The molecule has 13 heteroatoms. The molecule has 3 amide bonds. The second-order valence-corrected chi connectivity index (χ2v) is 11.1. The van der Waals surface area contributed by atoms with Crippen molar-refractivity contribution in [2.75, 3.05) is 34.7 Å². The molecule has 1 aromatic rings. The Labute approximate surface area is 233 Å². The Kier molecular flexibility index (Phi) is 11.2. The highest BCUT2D eigenvalue weighted by Crippen LogP contribution is 2.37. The van der Waals surface area contributed by atoms with Crippen LogP contribution in [0.15, 0.2) is 18.2 Å². The van der Waals surface area contributed by atoms with Gasteiger partial charge in [-0.25, -0.2) is 0 Å². The lowest BCUT2D eigenvalue weighted by molar-refractivity contribution is -0.167. The number of hydrogen-bond donors (Lipinski definition) is 1. The quantitative estimate of drug-likeness (QED) is 0.406. The first-order chi connectivity index (χ1) is 17.6. The van der Waals surface area contributed by atoms with Gasteiger partial charge in [-0.05, 0) is 30.5 Å². The number of rotatable bonds is 11. The minimum Gasteiger partial charge on any atom is -0.509 e. The number of ketones is 1. The highest BCUT2D eigenvalue weighted by molar-refractivity contribution is 6.50. The Morgan fingerprint density at radius 3 is 2.34 bits per heavy atom. The molecule has 2 atom stereocenters. The molecule has 0 aromatic heterocycles. The Bertz CT molecular complexity index is 1080. The van der Waals surface area contributed by atoms with Crippen LogP contribution in [0.1, 0.15) is 49.9 Å². The van der Waals surface area contributed by atoms with Crippen molar-refractivity contribution in [3.05, 3.63) is 33.8 Å². The fourth-order valence-electron chi connectivity index (χ4n) is 4.21. The maximum Gasteiger partial charge on any atom is 0.531 e. The van der Waals surface area contributed by atoms with Crippen molar-refractivity contribution in [3.63, 3.8) is 0 Å². The number of carbonyl (C=O) groups excluding carboxylic acids is 5. The lowest BCUT2D eigenvalue weighted by Gasteiger charge is -2.41. The van der Waals surface area contributed by atoms with Gasteiger partial charge >= 0.3 is 7.12 Å². The van der Waals surface area contributed by atoms with Crippen LogP contribution in [-0.4, -0.2) is 86.7 Å². The Morgan fingerprint density at radius 1 is 1.11 bits per heavy atom. The minimum atomic E-state index is -1.76. The van der Waals surface area contributed by atoms with Gasteiger partial charge in [0.25, 0.3) is 17.8 Å². The van der Waals surface area contributed by atoms with Crippen LogP contribution >= 0.6 is 23.2 Å². The standard InChI is InChI=1S/C25H34BCl2N3O7/c1-15(2)9-16(10-18(32)14-29-23(35)19-11-17(27)7-8-20(19)28)26-37-22(34)13-25(38-26,24(36)31(5)6)12-21(33)30(3)4/h7-8,11,15-16H,9-10,12-14H2,1-6H3,(H,29,35)/t16-,25-/m1/s1. The molecule has 0 radical (unpaired) electrons. The normalized spacial score (nSPS) is 18.0. The van der Waals surface area contributed by atoms with E-state index in [0.717, 1.165) is 0 Å². The number of nitrogens with zero attached hydrogens (tertiary/aromatic N) is 2. The van der Waals surface area contributed by atoms with Gasteiger partial charge in [-0.1, -0.05) is 37.0 Å². The summed E-state index contributed by atoms with van der Waals surface area (Å²) in [6, 6.07) is 4.42. The number of amides is 3. The zero-order chi connectivity index (χ0) is 28.8. The molecule has 0 aliphatic carbocycles. The number of benzene rings is 1. The molecular weight excluding hydrogens is 536 g/mol. The molecule has 1 fully saturated rings. The molecular formula is C25H34BCl2N3O7. The lowest BCUT2D eigenvalue weighted by atomic mass is 9.63. The third kappa shape index (κ3) is 8.44.